The maximum absolute atomic E-state index is 12.4. The lowest BCUT2D eigenvalue weighted by Crippen LogP contribution is -2.45. The van der Waals surface area contributed by atoms with Gasteiger partial charge in [-0.05, 0) is 19.3 Å². The molecule has 0 aliphatic carbocycles. The van der Waals surface area contributed by atoms with E-state index in [0.717, 1.165) is 25.7 Å². The molecule has 0 aliphatic rings. The predicted octanol–water partition coefficient (Wildman–Crippen LogP) is 16.6. The highest BCUT2D eigenvalue weighted by atomic mass is 16.3. The zero-order valence-corrected chi connectivity index (χ0v) is 38.4. The molecule has 0 aromatic carbocycles. The minimum Gasteiger partial charge on any atom is -0.394 e. The van der Waals surface area contributed by atoms with Crippen LogP contribution in [0.2, 0.25) is 0 Å². The van der Waals surface area contributed by atoms with Crippen LogP contribution in [0, 0.1) is 0 Å². The highest BCUT2D eigenvalue weighted by Crippen LogP contribution is 2.17. The Morgan fingerprint density at radius 2 is 0.661 bits per heavy atom. The molecule has 2 atom stereocenters. The van der Waals surface area contributed by atoms with E-state index in [-0.39, 0.29) is 12.5 Å². The van der Waals surface area contributed by atoms with Crippen LogP contribution in [0.3, 0.4) is 0 Å². The Balaban J connectivity index is 3.41. The minimum atomic E-state index is -0.834. The molecule has 334 valence electrons. The second-order valence-corrected chi connectivity index (χ2v) is 18.0. The molecular formula is C52H103NO3. The standard InChI is InChI=1S/C52H103NO3/c1-3-5-7-9-11-13-15-17-19-20-21-22-23-24-25-26-27-28-29-30-31-32-33-34-36-38-40-42-44-46-48-52(56)53-50(49-54)51(55)47-45-43-41-39-37-35-18-16-14-12-10-8-6-4-2/h45,47,50-51,54-55H,3-44,46,48-49H2,1-2H3,(H,53,56)/b47-45+. The fourth-order valence-corrected chi connectivity index (χ4v) is 8.30. The first-order chi connectivity index (χ1) is 27.7. The third-order valence-corrected chi connectivity index (χ3v) is 12.3. The van der Waals surface area contributed by atoms with Crippen molar-refractivity contribution in [1.29, 1.82) is 0 Å². The number of carbonyl (C=O) groups is 1. The van der Waals surface area contributed by atoms with Crippen LogP contribution in [0.25, 0.3) is 0 Å². The molecule has 0 bridgehead atoms. The van der Waals surface area contributed by atoms with Crippen molar-refractivity contribution in [2.75, 3.05) is 6.61 Å². The molecule has 0 radical (unpaired) electrons. The van der Waals surface area contributed by atoms with Gasteiger partial charge in [-0.1, -0.05) is 283 Å². The minimum absolute atomic E-state index is 0.0577. The molecule has 0 aromatic heterocycles. The molecule has 0 spiro atoms. The van der Waals surface area contributed by atoms with Crippen LogP contribution in [-0.2, 0) is 4.79 Å². The monoisotopic (exact) mass is 790 g/mol. The molecule has 2 unspecified atom stereocenters. The van der Waals surface area contributed by atoms with Gasteiger partial charge in [-0.25, -0.2) is 0 Å². The third-order valence-electron chi connectivity index (χ3n) is 12.3. The summed E-state index contributed by atoms with van der Waals surface area (Å²) >= 11 is 0. The lowest BCUT2D eigenvalue weighted by atomic mass is 10.0. The van der Waals surface area contributed by atoms with Gasteiger partial charge in [0.2, 0.25) is 5.91 Å². The van der Waals surface area contributed by atoms with E-state index in [4.69, 9.17) is 0 Å². The average molecular weight is 790 g/mol. The Morgan fingerprint density at radius 1 is 0.411 bits per heavy atom. The lowest BCUT2D eigenvalue weighted by molar-refractivity contribution is -0.123. The zero-order valence-electron chi connectivity index (χ0n) is 38.4. The average Bonchev–Trinajstić information content (AvgIpc) is 3.20. The van der Waals surface area contributed by atoms with E-state index in [0.29, 0.717) is 6.42 Å². The van der Waals surface area contributed by atoms with Gasteiger partial charge in [0.15, 0.2) is 0 Å². The van der Waals surface area contributed by atoms with Gasteiger partial charge in [0.05, 0.1) is 18.8 Å². The molecule has 0 saturated carbocycles. The van der Waals surface area contributed by atoms with Crippen molar-refractivity contribution in [3.05, 3.63) is 12.2 Å². The van der Waals surface area contributed by atoms with Crippen LogP contribution in [0.1, 0.15) is 296 Å². The normalized spacial score (nSPS) is 12.9. The summed E-state index contributed by atoms with van der Waals surface area (Å²) in [7, 11) is 0. The van der Waals surface area contributed by atoms with Gasteiger partial charge in [0.25, 0.3) is 0 Å². The van der Waals surface area contributed by atoms with Crippen LogP contribution in [-0.4, -0.2) is 34.9 Å². The van der Waals surface area contributed by atoms with Crippen molar-refractivity contribution in [3.8, 4) is 0 Å². The van der Waals surface area contributed by atoms with Gasteiger partial charge < -0.3 is 15.5 Å². The van der Waals surface area contributed by atoms with Gasteiger partial charge in [-0.15, -0.1) is 0 Å². The van der Waals surface area contributed by atoms with Crippen LogP contribution in [0.15, 0.2) is 12.2 Å². The van der Waals surface area contributed by atoms with E-state index >= 15 is 0 Å². The van der Waals surface area contributed by atoms with E-state index in [1.165, 1.54) is 250 Å². The number of aliphatic hydroxyl groups is 2. The van der Waals surface area contributed by atoms with E-state index in [1.54, 1.807) is 6.08 Å². The summed E-state index contributed by atoms with van der Waals surface area (Å²) in [6, 6.07) is -0.616. The van der Waals surface area contributed by atoms with Crippen LogP contribution in [0.5, 0.6) is 0 Å². The zero-order chi connectivity index (χ0) is 40.7. The number of unbranched alkanes of at least 4 members (excludes halogenated alkanes) is 41. The number of hydrogen-bond donors (Lipinski definition) is 3. The number of carbonyl (C=O) groups excluding carboxylic acids is 1. The molecule has 56 heavy (non-hydrogen) atoms. The molecule has 3 N–H and O–H groups in total. The lowest BCUT2D eigenvalue weighted by Gasteiger charge is -2.20. The first-order valence-electron chi connectivity index (χ1n) is 25.9. The molecule has 4 nitrogen and oxygen atoms in total. The molecular weight excluding hydrogens is 687 g/mol. The second kappa shape index (κ2) is 48.5. The Bertz CT molecular complexity index is 769. The van der Waals surface area contributed by atoms with E-state index in [9.17, 15) is 15.0 Å². The quantitative estimate of drug-likeness (QED) is 0.0425. The fraction of sp³-hybridized carbons (Fsp3) is 0.942. The summed E-state index contributed by atoms with van der Waals surface area (Å²) in [6.07, 6.45) is 62.2. The summed E-state index contributed by atoms with van der Waals surface area (Å²) in [4.78, 5) is 12.4. The first-order valence-corrected chi connectivity index (χ1v) is 25.9. The number of allylic oxidation sites excluding steroid dienone is 1. The van der Waals surface area contributed by atoms with Gasteiger partial charge >= 0.3 is 0 Å². The SMILES string of the molecule is CCCCCCCCCCCCCC/C=C/C(O)C(CO)NC(=O)CCCCCCCCCCCCCCCCCCCCCCCCCCCCCCCC. The van der Waals surface area contributed by atoms with Gasteiger partial charge in [-0.2, -0.15) is 0 Å². The summed E-state index contributed by atoms with van der Waals surface area (Å²) in [5.41, 5.74) is 0. The highest BCUT2D eigenvalue weighted by Gasteiger charge is 2.18. The second-order valence-electron chi connectivity index (χ2n) is 18.0. The Kier molecular flexibility index (Phi) is 47.7. The summed E-state index contributed by atoms with van der Waals surface area (Å²) in [6.45, 7) is 4.34. The maximum atomic E-state index is 12.4. The molecule has 0 aliphatic heterocycles. The Morgan fingerprint density at radius 3 is 0.929 bits per heavy atom. The van der Waals surface area contributed by atoms with Gasteiger partial charge in [0, 0.05) is 6.42 Å². The van der Waals surface area contributed by atoms with Gasteiger partial charge in [-0.3, -0.25) is 4.79 Å². The number of amides is 1. The number of hydrogen-bond acceptors (Lipinski definition) is 3. The van der Waals surface area contributed by atoms with Crippen molar-refractivity contribution in [1.82, 2.24) is 5.32 Å². The van der Waals surface area contributed by atoms with Crippen LogP contribution < -0.4 is 5.32 Å². The van der Waals surface area contributed by atoms with Crippen molar-refractivity contribution in [2.24, 2.45) is 0 Å². The third kappa shape index (κ3) is 44.2. The van der Waals surface area contributed by atoms with E-state index in [2.05, 4.69) is 19.2 Å². The molecule has 1 amide bonds. The van der Waals surface area contributed by atoms with Gasteiger partial charge in [0.1, 0.15) is 0 Å². The van der Waals surface area contributed by atoms with Crippen molar-refractivity contribution < 1.29 is 15.0 Å². The number of rotatable bonds is 48. The summed E-state index contributed by atoms with van der Waals surface area (Å²) in [5, 5.41) is 23.1. The summed E-state index contributed by atoms with van der Waals surface area (Å²) in [5.74, 6) is -0.0577. The molecule has 0 heterocycles. The largest absolute Gasteiger partial charge is 0.394 e. The molecule has 0 aromatic rings. The maximum Gasteiger partial charge on any atom is 0.220 e. The fourth-order valence-electron chi connectivity index (χ4n) is 8.30. The molecule has 0 saturated heterocycles. The Hall–Kier alpha value is -0.870. The Labute approximate surface area is 352 Å². The molecule has 0 rings (SSSR count). The first kappa shape index (κ1) is 55.1. The smallest absolute Gasteiger partial charge is 0.220 e. The topological polar surface area (TPSA) is 69.6 Å². The van der Waals surface area contributed by atoms with E-state index < -0.39 is 12.1 Å². The van der Waals surface area contributed by atoms with E-state index in [1.807, 2.05) is 6.08 Å². The van der Waals surface area contributed by atoms with Crippen molar-refractivity contribution >= 4 is 5.91 Å². The highest BCUT2D eigenvalue weighted by molar-refractivity contribution is 5.76. The van der Waals surface area contributed by atoms with Crippen molar-refractivity contribution in [3.63, 3.8) is 0 Å². The molecule has 4 heteroatoms. The number of nitrogens with one attached hydrogen (secondary N) is 1. The van der Waals surface area contributed by atoms with Crippen LogP contribution in [0.4, 0.5) is 0 Å². The predicted molar refractivity (Wildman–Crippen MR) is 249 cm³/mol. The van der Waals surface area contributed by atoms with Crippen molar-refractivity contribution in [2.45, 2.75) is 309 Å². The molecule has 0 fully saturated rings. The summed E-state index contributed by atoms with van der Waals surface area (Å²) < 4.78 is 0. The number of aliphatic hydroxyl groups excluding tert-OH is 2. The van der Waals surface area contributed by atoms with Crippen LogP contribution >= 0.6 is 0 Å².